The number of amidine groups is 1. The Morgan fingerprint density at radius 2 is 2.15 bits per heavy atom. The zero-order valence-electron chi connectivity index (χ0n) is 7.11. The van der Waals surface area contributed by atoms with Gasteiger partial charge in [0.1, 0.15) is 5.84 Å². The molecule has 0 radical (unpaired) electrons. The molecule has 6 nitrogen and oxygen atoms in total. The molecule has 0 aromatic rings. The number of hydrogen-bond acceptors (Lipinski definition) is 5. The zero-order chi connectivity index (χ0) is 10.6. The summed E-state index contributed by atoms with van der Waals surface area (Å²) in [5, 5.41) is 11.6. The van der Waals surface area contributed by atoms with Crippen LogP contribution in [-0.2, 0) is 0 Å². The Kier molecular flexibility index (Phi) is 3.98. The third-order valence-electron chi connectivity index (χ3n) is 1.34. The molecule has 78 valence electrons. The van der Waals surface area contributed by atoms with Gasteiger partial charge < -0.3 is 16.6 Å². The molecule has 0 saturated heterocycles. The predicted molar refractivity (Wildman–Crippen MR) is 43.3 cm³/mol. The number of rotatable bonds is 4. The third-order valence-corrected chi connectivity index (χ3v) is 1.34. The lowest BCUT2D eigenvalue weighted by molar-refractivity contribution is -0.0272. The predicted octanol–water partition coefficient (Wildman–Crippen LogP) is -1.63. The number of hydrazone groups is 1. The second-order valence-corrected chi connectivity index (χ2v) is 2.72. The van der Waals surface area contributed by atoms with Crippen molar-refractivity contribution in [1.29, 1.82) is 0 Å². The Morgan fingerprint density at radius 1 is 1.69 bits per heavy atom. The van der Waals surface area contributed by atoms with Crippen LogP contribution in [0.25, 0.3) is 0 Å². The number of hydrogen-bond donors (Lipinski definition) is 4. The summed E-state index contributed by atoms with van der Waals surface area (Å²) >= 11 is 0. The van der Waals surface area contributed by atoms with Crippen molar-refractivity contribution in [1.82, 2.24) is 5.12 Å². The molecule has 1 unspecified atom stereocenters. The molecule has 0 aromatic heterocycles. The van der Waals surface area contributed by atoms with Crippen molar-refractivity contribution in [2.24, 2.45) is 22.4 Å². The molecule has 0 amide bonds. The van der Waals surface area contributed by atoms with E-state index in [4.69, 9.17) is 22.4 Å². The van der Waals surface area contributed by atoms with E-state index in [-0.39, 0.29) is 11.0 Å². The molecular weight excluding hydrogens is 184 g/mol. The second kappa shape index (κ2) is 4.30. The van der Waals surface area contributed by atoms with Gasteiger partial charge in [0.15, 0.2) is 0 Å². The Labute approximate surface area is 73.9 Å². The average Bonchev–Trinajstić information content (AvgIpc) is 2.04. The van der Waals surface area contributed by atoms with Crippen LogP contribution < -0.4 is 17.3 Å². The highest BCUT2D eigenvalue weighted by molar-refractivity contribution is 5.89. The lowest BCUT2D eigenvalue weighted by Crippen LogP contribution is -2.54. The first-order valence-corrected chi connectivity index (χ1v) is 3.37. The molecule has 13 heavy (non-hydrogen) atoms. The van der Waals surface area contributed by atoms with Crippen LogP contribution in [0.15, 0.2) is 5.10 Å². The van der Waals surface area contributed by atoms with Gasteiger partial charge in [0.2, 0.25) is 0 Å². The SMILES string of the molecule is CC(N)(CO)/C(N)=N/N(N)C(F)F. The van der Waals surface area contributed by atoms with Gasteiger partial charge in [0.25, 0.3) is 0 Å². The molecule has 0 rings (SSSR count). The van der Waals surface area contributed by atoms with Gasteiger partial charge in [-0.3, -0.25) is 0 Å². The summed E-state index contributed by atoms with van der Waals surface area (Å²) < 4.78 is 23.6. The molecule has 0 aromatic carbocycles. The molecule has 0 spiro atoms. The van der Waals surface area contributed by atoms with E-state index in [1.807, 2.05) is 0 Å². The van der Waals surface area contributed by atoms with Crippen molar-refractivity contribution in [3.63, 3.8) is 0 Å². The summed E-state index contributed by atoms with van der Waals surface area (Å²) in [7, 11) is 0. The van der Waals surface area contributed by atoms with Crippen molar-refractivity contribution < 1.29 is 13.9 Å². The quantitative estimate of drug-likeness (QED) is 0.142. The van der Waals surface area contributed by atoms with Gasteiger partial charge in [-0.25, -0.2) is 5.84 Å². The monoisotopic (exact) mass is 197 g/mol. The molecule has 0 aliphatic rings. The van der Waals surface area contributed by atoms with Crippen LogP contribution in [0.1, 0.15) is 6.92 Å². The fourth-order valence-corrected chi connectivity index (χ4v) is 0.363. The number of nitrogens with two attached hydrogens (primary N) is 3. The van der Waals surface area contributed by atoms with Crippen molar-refractivity contribution >= 4 is 5.84 Å². The lowest BCUT2D eigenvalue weighted by atomic mass is 10.1. The van der Waals surface area contributed by atoms with E-state index < -0.39 is 18.7 Å². The molecule has 1 atom stereocenters. The topological polar surface area (TPSA) is 114 Å². The first-order valence-electron chi connectivity index (χ1n) is 3.37. The van der Waals surface area contributed by atoms with Gasteiger partial charge in [0, 0.05) is 0 Å². The largest absolute Gasteiger partial charge is 0.394 e. The Morgan fingerprint density at radius 3 is 2.46 bits per heavy atom. The summed E-state index contributed by atoms with van der Waals surface area (Å²) in [6.07, 6.45) is 0. The van der Waals surface area contributed by atoms with Crippen LogP contribution >= 0.6 is 0 Å². The lowest BCUT2D eigenvalue weighted by Gasteiger charge is -2.22. The smallest absolute Gasteiger partial charge is 0.342 e. The standard InChI is InChI=1S/C5H13F2N5O/c1-5(9,2-13)3(8)11-12(10)4(6)7/h4,13H,2,9-10H2,1H3,(H2,8,11). The Hall–Kier alpha value is -0.990. The van der Waals surface area contributed by atoms with Gasteiger partial charge in [0.05, 0.1) is 12.1 Å². The Bertz CT molecular complexity index is 195. The molecule has 8 heteroatoms. The summed E-state index contributed by atoms with van der Waals surface area (Å²) in [6.45, 7) is -2.14. The van der Waals surface area contributed by atoms with Crippen molar-refractivity contribution in [3.8, 4) is 0 Å². The third kappa shape index (κ3) is 3.49. The number of halogens is 2. The van der Waals surface area contributed by atoms with Gasteiger partial charge in [-0.1, -0.05) is 0 Å². The van der Waals surface area contributed by atoms with Crippen molar-refractivity contribution in [2.75, 3.05) is 6.61 Å². The highest BCUT2D eigenvalue weighted by Gasteiger charge is 2.24. The van der Waals surface area contributed by atoms with E-state index in [1.165, 1.54) is 6.92 Å². The molecule has 0 aliphatic heterocycles. The van der Waals surface area contributed by atoms with E-state index in [1.54, 1.807) is 0 Å². The summed E-state index contributed by atoms with van der Waals surface area (Å²) in [6, 6.07) is 0. The van der Waals surface area contributed by atoms with Crippen LogP contribution in [0.3, 0.4) is 0 Å². The first-order chi connectivity index (χ1) is 5.81. The highest BCUT2D eigenvalue weighted by atomic mass is 19.3. The number of hydrazine groups is 1. The molecule has 0 fully saturated rings. The normalized spacial score (nSPS) is 17.3. The maximum atomic E-state index is 11.8. The van der Waals surface area contributed by atoms with Gasteiger partial charge in [-0.05, 0) is 6.92 Å². The number of alkyl halides is 2. The van der Waals surface area contributed by atoms with Crippen molar-refractivity contribution in [3.05, 3.63) is 0 Å². The summed E-state index contributed by atoms with van der Waals surface area (Å²) in [5.74, 6) is 4.38. The van der Waals surface area contributed by atoms with E-state index in [0.29, 0.717) is 0 Å². The number of aliphatic hydroxyl groups is 1. The minimum Gasteiger partial charge on any atom is -0.394 e. The molecule has 0 aliphatic carbocycles. The molecule has 7 N–H and O–H groups in total. The van der Waals surface area contributed by atoms with Gasteiger partial charge >= 0.3 is 6.55 Å². The van der Waals surface area contributed by atoms with Gasteiger partial charge in [-0.2, -0.15) is 13.9 Å². The average molecular weight is 197 g/mol. The fraction of sp³-hybridized carbons (Fsp3) is 0.800. The van der Waals surface area contributed by atoms with Crippen LogP contribution in [0, 0.1) is 0 Å². The minimum absolute atomic E-state index is 0.129. The van der Waals surface area contributed by atoms with Crippen LogP contribution in [0.5, 0.6) is 0 Å². The van der Waals surface area contributed by atoms with E-state index in [2.05, 4.69) is 5.10 Å². The van der Waals surface area contributed by atoms with Crippen LogP contribution in [0.4, 0.5) is 8.78 Å². The molecular formula is C5H13F2N5O. The van der Waals surface area contributed by atoms with Crippen LogP contribution in [-0.4, -0.2) is 34.8 Å². The number of nitrogens with zero attached hydrogens (tertiary/aromatic N) is 2. The maximum absolute atomic E-state index is 11.8. The first kappa shape index (κ1) is 12.0. The summed E-state index contributed by atoms with van der Waals surface area (Å²) in [5.41, 5.74) is 9.23. The van der Waals surface area contributed by atoms with E-state index >= 15 is 0 Å². The zero-order valence-corrected chi connectivity index (χ0v) is 7.11. The molecule has 0 saturated carbocycles. The number of aliphatic hydroxyl groups excluding tert-OH is 1. The highest BCUT2D eigenvalue weighted by Crippen LogP contribution is 2.01. The van der Waals surface area contributed by atoms with Gasteiger partial charge in [-0.15, -0.1) is 5.10 Å². The van der Waals surface area contributed by atoms with Crippen molar-refractivity contribution in [2.45, 2.75) is 19.0 Å². The second-order valence-electron chi connectivity index (χ2n) is 2.72. The van der Waals surface area contributed by atoms with Crippen LogP contribution in [0.2, 0.25) is 0 Å². The maximum Gasteiger partial charge on any atom is 0.342 e. The Balaban J connectivity index is 4.48. The minimum atomic E-state index is -2.96. The fourth-order valence-electron chi connectivity index (χ4n) is 0.363. The van der Waals surface area contributed by atoms with E-state index in [0.717, 1.165) is 0 Å². The molecule has 0 heterocycles. The molecule has 0 bridgehead atoms. The van der Waals surface area contributed by atoms with E-state index in [9.17, 15) is 8.78 Å². The summed E-state index contributed by atoms with van der Waals surface area (Å²) in [4.78, 5) is 0.